The van der Waals surface area contributed by atoms with Gasteiger partial charge in [0.05, 0.1) is 30.3 Å². The zero-order valence-electron chi connectivity index (χ0n) is 17.0. The summed E-state index contributed by atoms with van der Waals surface area (Å²) in [4.78, 5) is 42.7. The van der Waals surface area contributed by atoms with E-state index in [0.717, 1.165) is 6.33 Å². The van der Waals surface area contributed by atoms with Crippen LogP contribution in [0.2, 0.25) is 0 Å². The average molecular weight is 438 g/mol. The molecule has 12 nitrogen and oxygen atoms in total. The van der Waals surface area contributed by atoms with Gasteiger partial charge in [0.15, 0.2) is 0 Å². The van der Waals surface area contributed by atoms with Crippen molar-refractivity contribution in [3.63, 3.8) is 0 Å². The van der Waals surface area contributed by atoms with Crippen molar-refractivity contribution < 1.29 is 24.0 Å². The van der Waals surface area contributed by atoms with Crippen LogP contribution in [0.25, 0.3) is 0 Å². The molecule has 1 aromatic heterocycles. The highest BCUT2D eigenvalue weighted by Crippen LogP contribution is 2.31. The Bertz CT molecular complexity index is 1150. The third-order valence-corrected chi connectivity index (χ3v) is 4.22. The van der Waals surface area contributed by atoms with E-state index < -0.39 is 22.5 Å². The Morgan fingerprint density at radius 3 is 2.34 bits per heavy atom. The summed E-state index contributed by atoms with van der Waals surface area (Å²) in [6, 6.07) is 12.6. The number of benzene rings is 2. The lowest BCUT2D eigenvalue weighted by atomic mass is 10.2. The summed E-state index contributed by atoms with van der Waals surface area (Å²) in [5.41, 5.74) is 5.29. The predicted molar refractivity (Wildman–Crippen MR) is 114 cm³/mol. The minimum Gasteiger partial charge on any atom is -0.496 e. The monoisotopic (exact) mass is 438 g/mol. The molecular formula is C20H18N6O6. The fraction of sp³-hybridized carbons (Fsp3) is 0.100. The van der Waals surface area contributed by atoms with Crippen molar-refractivity contribution in [3.05, 3.63) is 76.1 Å². The highest BCUT2D eigenvalue weighted by atomic mass is 16.6. The SMILES string of the molecule is COC(=O)c1ccc(Nc2ncnc(NNC(=O)c3ccccc3OC)c2[N+](=O)[O-])cc1. The van der Waals surface area contributed by atoms with Crippen LogP contribution in [-0.2, 0) is 4.74 Å². The quantitative estimate of drug-likeness (QED) is 0.271. The van der Waals surface area contributed by atoms with Crippen LogP contribution in [0.4, 0.5) is 23.0 Å². The molecule has 3 aromatic rings. The zero-order valence-corrected chi connectivity index (χ0v) is 17.0. The van der Waals surface area contributed by atoms with Gasteiger partial charge in [0.2, 0.25) is 11.6 Å². The molecule has 0 aliphatic heterocycles. The lowest BCUT2D eigenvalue weighted by Gasteiger charge is -2.12. The number of hydrazine groups is 1. The molecular weight excluding hydrogens is 420 g/mol. The molecule has 0 aliphatic rings. The number of aromatic nitrogens is 2. The summed E-state index contributed by atoms with van der Waals surface area (Å²) in [6.07, 6.45) is 1.09. The lowest BCUT2D eigenvalue weighted by Crippen LogP contribution is -2.30. The molecule has 0 saturated heterocycles. The first-order chi connectivity index (χ1) is 15.4. The first-order valence-corrected chi connectivity index (χ1v) is 9.08. The maximum atomic E-state index is 12.4. The Labute approximate surface area is 181 Å². The van der Waals surface area contributed by atoms with Crippen molar-refractivity contribution in [2.75, 3.05) is 25.0 Å². The summed E-state index contributed by atoms with van der Waals surface area (Å²) in [5, 5.41) is 14.5. The fourth-order valence-electron chi connectivity index (χ4n) is 2.69. The van der Waals surface area contributed by atoms with Gasteiger partial charge in [-0.3, -0.25) is 25.8 Å². The highest BCUT2D eigenvalue weighted by molar-refractivity contribution is 5.97. The number of esters is 1. The summed E-state index contributed by atoms with van der Waals surface area (Å²) in [7, 11) is 2.68. The van der Waals surface area contributed by atoms with E-state index >= 15 is 0 Å². The Hall–Kier alpha value is -4.74. The molecule has 1 amide bonds. The lowest BCUT2D eigenvalue weighted by molar-refractivity contribution is -0.383. The highest BCUT2D eigenvalue weighted by Gasteiger charge is 2.24. The molecule has 0 fully saturated rings. The molecule has 12 heteroatoms. The van der Waals surface area contributed by atoms with E-state index in [-0.39, 0.29) is 17.2 Å². The average Bonchev–Trinajstić information content (AvgIpc) is 2.82. The molecule has 164 valence electrons. The number of methoxy groups -OCH3 is 2. The van der Waals surface area contributed by atoms with Crippen molar-refractivity contribution >= 4 is 34.9 Å². The summed E-state index contributed by atoms with van der Waals surface area (Å²) >= 11 is 0. The number of nitro groups is 1. The van der Waals surface area contributed by atoms with Crippen LogP contribution in [-0.4, -0.2) is 41.0 Å². The summed E-state index contributed by atoms with van der Waals surface area (Å²) < 4.78 is 9.77. The molecule has 32 heavy (non-hydrogen) atoms. The van der Waals surface area contributed by atoms with Crippen molar-refractivity contribution in [2.24, 2.45) is 0 Å². The minimum absolute atomic E-state index is 0.121. The molecule has 1 heterocycles. The number of hydrogen-bond acceptors (Lipinski definition) is 10. The number of hydrogen-bond donors (Lipinski definition) is 3. The van der Waals surface area contributed by atoms with Crippen LogP contribution in [0.15, 0.2) is 54.9 Å². The molecule has 3 N–H and O–H groups in total. The van der Waals surface area contributed by atoms with E-state index in [1.807, 2.05) is 0 Å². The zero-order chi connectivity index (χ0) is 23.1. The fourth-order valence-corrected chi connectivity index (χ4v) is 2.69. The number of rotatable bonds is 8. The van der Waals surface area contributed by atoms with Gasteiger partial charge in [0, 0.05) is 5.69 Å². The van der Waals surface area contributed by atoms with Gasteiger partial charge in [-0.05, 0) is 36.4 Å². The first kappa shape index (κ1) is 22.0. The van der Waals surface area contributed by atoms with Crippen molar-refractivity contribution in [1.82, 2.24) is 15.4 Å². The van der Waals surface area contributed by atoms with E-state index in [0.29, 0.717) is 17.0 Å². The number of para-hydroxylation sites is 1. The number of nitrogens with one attached hydrogen (secondary N) is 3. The number of carbonyl (C=O) groups excluding carboxylic acids is 2. The van der Waals surface area contributed by atoms with Crippen LogP contribution < -0.4 is 20.9 Å². The number of amides is 1. The van der Waals surface area contributed by atoms with Gasteiger partial charge in [-0.2, -0.15) is 0 Å². The van der Waals surface area contributed by atoms with E-state index in [9.17, 15) is 19.7 Å². The number of anilines is 3. The number of ether oxygens (including phenoxy) is 2. The normalized spacial score (nSPS) is 10.1. The van der Waals surface area contributed by atoms with Crippen molar-refractivity contribution in [3.8, 4) is 5.75 Å². The standard InChI is InChI=1S/C20H18N6O6/c1-31-15-6-4-3-5-14(15)19(27)25-24-18-16(26(29)30)17(21-11-22-18)23-13-9-7-12(8-10-13)20(28)32-2/h3-11H,1-2H3,(H,25,27)(H2,21,22,23,24). The molecule has 0 aliphatic carbocycles. The third-order valence-electron chi connectivity index (χ3n) is 4.22. The largest absolute Gasteiger partial charge is 0.496 e. The van der Waals surface area contributed by atoms with E-state index in [4.69, 9.17) is 4.74 Å². The Kier molecular flexibility index (Phi) is 6.75. The van der Waals surface area contributed by atoms with Crippen LogP contribution in [0.5, 0.6) is 5.75 Å². The number of nitrogens with zero attached hydrogens (tertiary/aromatic N) is 3. The van der Waals surface area contributed by atoms with E-state index in [1.165, 1.54) is 44.6 Å². The summed E-state index contributed by atoms with van der Waals surface area (Å²) in [6.45, 7) is 0. The van der Waals surface area contributed by atoms with Gasteiger partial charge in [0.1, 0.15) is 12.1 Å². The molecule has 0 saturated carbocycles. The predicted octanol–water partition coefficient (Wildman–Crippen LogP) is 2.68. The Balaban J connectivity index is 1.81. The summed E-state index contributed by atoms with van der Waals surface area (Å²) in [5.74, 6) is -1.11. The molecule has 0 radical (unpaired) electrons. The maximum absolute atomic E-state index is 12.4. The van der Waals surface area contributed by atoms with Crippen LogP contribution in [0.3, 0.4) is 0 Å². The van der Waals surface area contributed by atoms with E-state index in [2.05, 4.69) is 30.9 Å². The number of carbonyl (C=O) groups is 2. The minimum atomic E-state index is -0.692. The molecule has 0 unspecified atom stereocenters. The van der Waals surface area contributed by atoms with Gasteiger partial charge in [0.25, 0.3) is 5.91 Å². The molecule has 2 aromatic carbocycles. The van der Waals surface area contributed by atoms with E-state index in [1.54, 1.807) is 18.2 Å². The second kappa shape index (κ2) is 9.84. The molecule has 0 atom stereocenters. The van der Waals surface area contributed by atoms with Gasteiger partial charge in [-0.1, -0.05) is 12.1 Å². The van der Waals surface area contributed by atoms with Gasteiger partial charge < -0.3 is 14.8 Å². The Morgan fingerprint density at radius 2 is 1.69 bits per heavy atom. The second-order valence-corrected chi connectivity index (χ2v) is 6.15. The van der Waals surface area contributed by atoms with Gasteiger partial charge >= 0.3 is 11.7 Å². The Morgan fingerprint density at radius 1 is 1.00 bits per heavy atom. The van der Waals surface area contributed by atoms with Crippen molar-refractivity contribution in [2.45, 2.75) is 0 Å². The smallest absolute Gasteiger partial charge is 0.355 e. The second-order valence-electron chi connectivity index (χ2n) is 6.15. The topological polar surface area (TPSA) is 158 Å². The molecule has 3 rings (SSSR count). The third kappa shape index (κ3) is 4.87. The van der Waals surface area contributed by atoms with Gasteiger partial charge in [-0.15, -0.1) is 0 Å². The van der Waals surface area contributed by atoms with Crippen LogP contribution >= 0.6 is 0 Å². The molecule has 0 bridgehead atoms. The van der Waals surface area contributed by atoms with Crippen LogP contribution in [0, 0.1) is 10.1 Å². The maximum Gasteiger partial charge on any atom is 0.355 e. The molecule has 0 spiro atoms. The van der Waals surface area contributed by atoms with Crippen molar-refractivity contribution in [1.29, 1.82) is 0 Å². The first-order valence-electron chi connectivity index (χ1n) is 9.08. The van der Waals surface area contributed by atoms with Gasteiger partial charge in [-0.25, -0.2) is 14.8 Å². The van der Waals surface area contributed by atoms with Crippen LogP contribution in [0.1, 0.15) is 20.7 Å².